The van der Waals surface area contributed by atoms with Gasteiger partial charge in [0.05, 0.1) is 46.9 Å². The first-order chi connectivity index (χ1) is 14.4. The molecule has 0 N–H and O–H groups in total. The highest BCUT2D eigenvalue weighted by Crippen LogP contribution is 2.60. The van der Waals surface area contributed by atoms with E-state index in [1.54, 1.807) is 5.56 Å². The van der Waals surface area contributed by atoms with E-state index in [0.717, 1.165) is 60.6 Å². The summed E-state index contributed by atoms with van der Waals surface area (Å²) in [6.07, 6.45) is 10.1. The summed E-state index contributed by atoms with van der Waals surface area (Å²) >= 11 is 0. The Balaban J connectivity index is 0.00000231. The fourth-order valence-corrected chi connectivity index (χ4v) is 7.20. The number of carbonyl (C=O) groups is 1. The number of amides is 1. The lowest BCUT2D eigenvalue weighted by molar-refractivity contribution is -0.894. The van der Waals surface area contributed by atoms with Crippen LogP contribution in [0.2, 0.25) is 0 Å². The number of quaternary nitrogens is 1. The quantitative estimate of drug-likeness (QED) is 0.310. The number of rotatable bonds is 6. The zero-order valence-electron chi connectivity index (χ0n) is 19.3. The highest BCUT2D eigenvalue weighted by molar-refractivity contribution is 5.76. The summed E-state index contributed by atoms with van der Waals surface area (Å²) in [5, 5.41) is 0. The maximum absolute atomic E-state index is 12.4. The van der Waals surface area contributed by atoms with Crippen molar-refractivity contribution < 1.29 is 38.0 Å². The van der Waals surface area contributed by atoms with Gasteiger partial charge in [0, 0.05) is 6.42 Å². The minimum Gasteiger partial charge on any atom is -1.00 e. The van der Waals surface area contributed by atoms with Crippen LogP contribution in [0.15, 0.2) is 24.3 Å². The maximum atomic E-state index is 12.4. The Kier molecular flexibility index (Phi) is 6.93. The topological polar surface area (TPSA) is 29.5 Å². The van der Waals surface area contributed by atoms with Gasteiger partial charge < -0.3 is 38.1 Å². The first-order valence-electron chi connectivity index (χ1n) is 12.2. The van der Waals surface area contributed by atoms with Crippen molar-refractivity contribution in [2.75, 3.05) is 46.9 Å². The van der Waals surface area contributed by atoms with Crippen molar-refractivity contribution in [3.8, 4) is 5.75 Å². The molecule has 1 saturated heterocycles. The zero-order chi connectivity index (χ0) is 20.8. The van der Waals surface area contributed by atoms with Crippen LogP contribution in [0.5, 0.6) is 5.75 Å². The van der Waals surface area contributed by atoms with Crippen LogP contribution in [0.4, 0.5) is 0 Å². The van der Waals surface area contributed by atoms with Gasteiger partial charge in [-0.2, -0.15) is 0 Å². The lowest BCUT2D eigenvalue weighted by Gasteiger charge is -2.57. The monoisotopic (exact) mass is 538 g/mol. The molecule has 4 bridgehead atoms. The van der Waals surface area contributed by atoms with Gasteiger partial charge in [-0.1, -0.05) is 12.1 Å². The summed E-state index contributed by atoms with van der Waals surface area (Å²) in [5.74, 6) is 4.18. The van der Waals surface area contributed by atoms with Crippen LogP contribution < -0.4 is 28.7 Å². The van der Waals surface area contributed by atoms with Gasteiger partial charge in [0.2, 0.25) is 5.91 Å². The van der Waals surface area contributed by atoms with E-state index in [2.05, 4.69) is 38.4 Å². The molecule has 1 amide bonds. The number of nitrogens with zero attached hydrogens (tertiary/aromatic N) is 2. The summed E-state index contributed by atoms with van der Waals surface area (Å²) in [7, 11) is 4.48. The second kappa shape index (κ2) is 9.20. The van der Waals surface area contributed by atoms with Gasteiger partial charge in [0.25, 0.3) is 0 Å². The van der Waals surface area contributed by atoms with E-state index in [4.69, 9.17) is 4.74 Å². The van der Waals surface area contributed by atoms with E-state index in [0.29, 0.717) is 18.4 Å². The molecule has 31 heavy (non-hydrogen) atoms. The van der Waals surface area contributed by atoms with E-state index in [1.807, 2.05) is 4.90 Å². The number of hydrogen-bond acceptors (Lipinski definition) is 2. The van der Waals surface area contributed by atoms with Gasteiger partial charge in [0.15, 0.2) is 0 Å². The summed E-state index contributed by atoms with van der Waals surface area (Å²) < 4.78 is 7.00. The van der Waals surface area contributed by atoms with Crippen LogP contribution in [0.25, 0.3) is 0 Å². The molecule has 5 fully saturated rings. The van der Waals surface area contributed by atoms with Gasteiger partial charge in [-0.3, -0.25) is 4.79 Å². The predicted molar refractivity (Wildman–Crippen MR) is 119 cm³/mol. The number of ether oxygens (including phenoxy) is 1. The van der Waals surface area contributed by atoms with E-state index < -0.39 is 0 Å². The molecular weight excluding hydrogens is 499 g/mol. The number of piperazine rings is 1. The minimum absolute atomic E-state index is 0. The second-order valence-electron chi connectivity index (χ2n) is 11.4. The SMILES string of the molecule is C[N+]1(C)CCN(C(=O)CCCOc2ccc(C34CC5CC(CC(C5)C3)C4)cc2)CC1.[I-]. The van der Waals surface area contributed by atoms with Gasteiger partial charge >= 0.3 is 0 Å². The van der Waals surface area contributed by atoms with Crippen molar-refractivity contribution in [2.24, 2.45) is 17.8 Å². The van der Waals surface area contributed by atoms with Crippen LogP contribution >= 0.6 is 0 Å². The molecular formula is C26H39IN2O2. The van der Waals surface area contributed by atoms with Crippen LogP contribution in [0.1, 0.15) is 56.9 Å². The lowest BCUT2D eigenvalue weighted by Crippen LogP contribution is -3.00. The van der Waals surface area contributed by atoms with Crippen molar-refractivity contribution in [1.82, 2.24) is 4.90 Å². The van der Waals surface area contributed by atoms with Crippen LogP contribution in [0, 0.1) is 17.8 Å². The molecule has 4 saturated carbocycles. The average Bonchev–Trinajstić information content (AvgIpc) is 2.70. The second-order valence-corrected chi connectivity index (χ2v) is 11.4. The third-order valence-corrected chi connectivity index (χ3v) is 8.61. The number of halogens is 1. The minimum atomic E-state index is 0. The molecule has 0 radical (unpaired) electrons. The van der Waals surface area contributed by atoms with E-state index >= 15 is 0 Å². The van der Waals surface area contributed by atoms with Crippen molar-refractivity contribution in [3.63, 3.8) is 0 Å². The Morgan fingerprint density at radius 1 is 1.00 bits per heavy atom. The molecule has 0 spiro atoms. The molecule has 1 aliphatic heterocycles. The highest BCUT2D eigenvalue weighted by Gasteiger charge is 2.51. The standard InChI is InChI=1S/C26H39N2O2.HI/c1-28(2)11-9-27(10-12-28)25(29)4-3-13-30-24-7-5-23(6-8-24)26-17-20-14-21(18-26)16-22(15-20)19-26;/h5-8,20-22H,3-4,9-19H2,1-2H3;1H/q+1;/p-1. The summed E-state index contributed by atoms with van der Waals surface area (Å²) in [6, 6.07) is 9.00. The largest absolute Gasteiger partial charge is 1.00 e. The predicted octanol–water partition coefficient (Wildman–Crippen LogP) is 1.24. The number of benzene rings is 1. The van der Waals surface area contributed by atoms with E-state index in [1.165, 1.54) is 38.5 Å². The van der Waals surface area contributed by atoms with E-state index in [-0.39, 0.29) is 29.9 Å². The van der Waals surface area contributed by atoms with Gasteiger partial charge in [-0.15, -0.1) is 0 Å². The Bertz CT molecular complexity index is 731. The molecule has 1 heterocycles. The Morgan fingerprint density at radius 2 is 1.55 bits per heavy atom. The molecule has 4 nitrogen and oxygen atoms in total. The molecule has 1 aromatic rings. The number of hydrogen-bond donors (Lipinski definition) is 0. The van der Waals surface area contributed by atoms with Gasteiger partial charge in [0.1, 0.15) is 5.75 Å². The Labute approximate surface area is 205 Å². The van der Waals surface area contributed by atoms with Crippen molar-refractivity contribution in [1.29, 1.82) is 0 Å². The molecule has 5 aliphatic rings. The lowest BCUT2D eigenvalue weighted by atomic mass is 9.48. The van der Waals surface area contributed by atoms with Crippen molar-refractivity contribution in [3.05, 3.63) is 29.8 Å². The third kappa shape index (κ3) is 5.07. The van der Waals surface area contributed by atoms with Crippen LogP contribution in [-0.4, -0.2) is 62.2 Å². The third-order valence-electron chi connectivity index (χ3n) is 8.61. The van der Waals surface area contributed by atoms with Gasteiger partial charge in [-0.25, -0.2) is 0 Å². The fraction of sp³-hybridized carbons (Fsp3) is 0.731. The molecule has 4 aliphatic carbocycles. The van der Waals surface area contributed by atoms with E-state index in [9.17, 15) is 4.79 Å². The molecule has 172 valence electrons. The molecule has 0 aromatic heterocycles. The first-order valence-corrected chi connectivity index (χ1v) is 12.2. The molecule has 1 aromatic carbocycles. The number of likely N-dealkylation sites (N-methyl/N-ethyl adjacent to an activating group) is 1. The number of carbonyl (C=O) groups excluding carboxylic acids is 1. The highest BCUT2D eigenvalue weighted by atomic mass is 127. The summed E-state index contributed by atoms with van der Waals surface area (Å²) in [4.78, 5) is 14.5. The summed E-state index contributed by atoms with van der Waals surface area (Å²) in [5.41, 5.74) is 2.01. The zero-order valence-corrected chi connectivity index (χ0v) is 21.5. The maximum Gasteiger partial charge on any atom is 0.223 e. The Morgan fingerprint density at radius 3 is 2.10 bits per heavy atom. The van der Waals surface area contributed by atoms with Crippen molar-refractivity contribution >= 4 is 5.91 Å². The molecule has 0 unspecified atom stereocenters. The van der Waals surface area contributed by atoms with Crippen LogP contribution in [0.3, 0.4) is 0 Å². The Hall–Kier alpha value is -0.820. The molecule has 5 heteroatoms. The van der Waals surface area contributed by atoms with Gasteiger partial charge in [-0.05, 0) is 85.8 Å². The first kappa shape index (κ1) is 23.3. The average molecular weight is 539 g/mol. The summed E-state index contributed by atoms with van der Waals surface area (Å²) in [6.45, 7) is 4.51. The van der Waals surface area contributed by atoms with Crippen molar-refractivity contribution in [2.45, 2.75) is 56.8 Å². The molecule has 6 rings (SSSR count). The normalized spacial score (nSPS) is 33.1. The smallest absolute Gasteiger partial charge is 0.223 e. The fourth-order valence-electron chi connectivity index (χ4n) is 7.20. The van der Waals surface area contributed by atoms with Crippen LogP contribution in [-0.2, 0) is 10.2 Å². The molecule has 0 atom stereocenters.